The Balaban J connectivity index is 1.76. The van der Waals surface area contributed by atoms with Gasteiger partial charge in [0.05, 0.1) is 29.6 Å². The highest BCUT2D eigenvalue weighted by molar-refractivity contribution is 7.92. The number of hydrogen-bond donors (Lipinski definition) is 0. The second kappa shape index (κ2) is 9.21. The first kappa shape index (κ1) is 21.7. The Bertz CT molecular complexity index is 847. The first-order valence-electron chi connectivity index (χ1n) is 9.93. The topological polar surface area (TPSA) is 84.0 Å². The fourth-order valence-electron chi connectivity index (χ4n) is 3.81. The van der Waals surface area contributed by atoms with Crippen LogP contribution in [0.5, 0.6) is 0 Å². The van der Waals surface area contributed by atoms with Crippen molar-refractivity contribution in [2.45, 2.75) is 37.1 Å². The first-order valence-corrected chi connectivity index (χ1v) is 13.2. The van der Waals surface area contributed by atoms with Gasteiger partial charge in [0.15, 0.2) is 9.84 Å². The average Bonchev–Trinajstić information content (AvgIpc) is 3.05. The number of morpholine rings is 1. The van der Waals surface area contributed by atoms with Crippen LogP contribution in [0.1, 0.15) is 25.3 Å². The Morgan fingerprint density at radius 3 is 2.43 bits per heavy atom. The van der Waals surface area contributed by atoms with Crippen LogP contribution in [-0.4, -0.2) is 83.0 Å². The summed E-state index contributed by atoms with van der Waals surface area (Å²) in [5.74, 6) is -0.0290. The van der Waals surface area contributed by atoms with Crippen LogP contribution in [0, 0.1) is 0 Å². The lowest BCUT2D eigenvalue weighted by Gasteiger charge is -2.30. The molecule has 1 unspecified atom stereocenters. The van der Waals surface area contributed by atoms with E-state index in [4.69, 9.17) is 4.74 Å². The second-order valence-corrected chi connectivity index (χ2v) is 11.6. The third kappa shape index (κ3) is 5.33. The van der Waals surface area contributed by atoms with E-state index in [0.717, 1.165) is 31.6 Å². The van der Waals surface area contributed by atoms with Gasteiger partial charge in [0.1, 0.15) is 0 Å². The predicted molar refractivity (Wildman–Crippen MR) is 109 cm³/mol. The third-order valence-corrected chi connectivity index (χ3v) is 9.23. The Morgan fingerprint density at radius 2 is 1.86 bits per heavy atom. The molecular formula is C19H30N2O5S2. The van der Waals surface area contributed by atoms with Gasteiger partial charge in [0.2, 0.25) is 10.0 Å². The number of nitrogens with zero attached hydrogens (tertiary/aromatic N) is 2. The highest BCUT2D eigenvalue weighted by Crippen LogP contribution is 2.25. The van der Waals surface area contributed by atoms with Crippen LogP contribution >= 0.6 is 0 Å². The standard InChI is InChI=1S/C19H30N2O5S2/c1-2-17-4-6-19(7-5-17)28(24,25)21(18-8-15-27(22,23)16-18)10-3-9-20-11-13-26-14-12-20/h4-7,18H,2-3,8-16H2,1H3. The zero-order chi connectivity index (χ0) is 20.2. The smallest absolute Gasteiger partial charge is 0.243 e. The summed E-state index contributed by atoms with van der Waals surface area (Å²) in [4.78, 5) is 2.50. The second-order valence-electron chi connectivity index (χ2n) is 7.48. The van der Waals surface area contributed by atoms with Crippen molar-refractivity contribution in [3.05, 3.63) is 29.8 Å². The molecule has 3 rings (SSSR count). The van der Waals surface area contributed by atoms with Crippen molar-refractivity contribution in [3.8, 4) is 0 Å². The third-order valence-electron chi connectivity index (χ3n) is 5.51. The fourth-order valence-corrected chi connectivity index (χ4v) is 7.33. The van der Waals surface area contributed by atoms with E-state index in [1.165, 1.54) is 4.31 Å². The largest absolute Gasteiger partial charge is 0.379 e. The Labute approximate surface area is 168 Å². The molecule has 7 nitrogen and oxygen atoms in total. The molecule has 0 amide bonds. The molecule has 1 aromatic carbocycles. The molecule has 0 N–H and O–H groups in total. The summed E-state index contributed by atoms with van der Waals surface area (Å²) >= 11 is 0. The van der Waals surface area contributed by atoms with Crippen molar-refractivity contribution >= 4 is 19.9 Å². The van der Waals surface area contributed by atoms with Gasteiger partial charge in [-0.15, -0.1) is 0 Å². The minimum atomic E-state index is -3.74. The van der Waals surface area contributed by atoms with Crippen LogP contribution in [0.15, 0.2) is 29.2 Å². The van der Waals surface area contributed by atoms with E-state index in [2.05, 4.69) is 4.90 Å². The lowest BCUT2D eigenvalue weighted by Crippen LogP contribution is -2.43. The summed E-state index contributed by atoms with van der Waals surface area (Å²) in [5, 5.41) is 0. The first-order chi connectivity index (χ1) is 13.3. The van der Waals surface area contributed by atoms with Gasteiger partial charge in [-0.05, 0) is 43.5 Å². The summed E-state index contributed by atoms with van der Waals surface area (Å²) in [6, 6.07) is 6.43. The lowest BCUT2D eigenvalue weighted by molar-refractivity contribution is 0.0367. The van der Waals surface area contributed by atoms with Crippen molar-refractivity contribution in [2.75, 3.05) is 50.9 Å². The molecule has 0 bridgehead atoms. The molecule has 0 aliphatic carbocycles. The molecule has 28 heavy (non-hydrogen) atoms. The molecule has 2 saturated heterocycles. The van der Waals surface area contributed by atoms with E-state index < -0.39 is 25.9 Å². The van der Waals surface area contributed by atoms with Gasteiger partial charge in [-0.25, -0.2) is 16.8 Å². The maximum absolute atomic E-state index is 13.3. The molecule has 2 aliphatic heterocycles. The molecule has 1 aromatic rings. The van der Waals surface area contributed by atoms with Crippen LogP contribution in [0.2, 0.25) is 0 Å². The fraction of sp³-hybridized carbons (Fsp3) is 0.684. The van der Waals surface area contributed by atoms with Crippen molar-refractivity contribution < 1.29 is 21.6 Å². The molecule has 0 saturated carbocycles. The van der Waals surface area contributed by atoms with E-state index >= 15 is 0 Å². The van der Waals surface area contributed by atoms with Gasteiger partial charge < -0.3 is 4.74 Å². The van der Waals surface area contributed by atoms with E-state index in [9.17, 15) is 16.8 Å². The summed E-state index contributed by atoms with van der Waals surface area (Å²) in [7, 11) is -6.91. The van der Waals surface area contributed by atoms with Gasteiger partial charge in [-0.1, -0.05) is 19.1 Å². The van der Waals surface area contributed by atoms with Crippen LogP contribution in [0.3, 0.4) is 0 Å². The molecule has 2 heterocycles. The van der Waals surface area contributed by atoms with Crippen molar-refractivity contribution in [3.63, 3.8) is 0 Å². The van der Waals surface area contributed by atoms with Crippen LogP contribution in [0.4, 0.5) is 0 Å². The Kier molecular flexibility index (Phi) is 7.14. The van der Waals surface area contributed by atoms with Crippen molar-refractivity contribution in [2.24, 2.45) is 0 Å². The van der Waals surface area contributed by atoms with Crippen molar-refractivity contribution in [1.82, 2.24) is 9.21 Å². The highest BCUT2D eigenvalue weighted by atomic mass is 32.2. The van der Waals surface area contributed by atoms with Crippen LogP contribution < -0.4 is 0 Å². The van der Waals surface area contributed by atoms with E-state index in [-0.39, 0.29) is 16.4 Å². The number of sulfonamides is 1. The summed E-state index contributed by atoms with van der Waals surface area (Å²) in [5.41, 5.74) is 1.07. The number of benzene rings is 1. The van der Waals surface area contributed by atoms with E-state index in [1.807, 2.05) is 19.1 Å². The number of sulfone groups is 1. The molecule has 2 aliphatic rings. The van der Waals surface area contributed by atoms with Gasteiger partial charge in [0, 0.05) is 25.7 Å². The Hall–Kier alpha value is -1.00. The number of aryl methyl sites for hydroxylation is 1. The summed E-state index contributed by atoms with van der Waals surface area (Å²) in [6.45, 7) is 6.23. The number of rotatable bonds is 8. The van der Waals surface area contributed by atoms with Crippen LogP contribution in [0.25, 0.3) is 0 Å². The molecule has 9 heteroatoms. The molecule has 0 aromatic heterocycles. The van der Waals surface area contributed by atoms with Gasteiger partial charge >= 0.3 is 0 Å². The minimum absolute atomic E-state index is 0.0575. The van der Waals surface area contributed by atoms with Crippen LogP contribution in [-0.2, 0) is 31.0 Å². The average molecular weight is 431 g/mol. The van der Waals surface area contributed by atoms with Crippen molar-refractivity contribution in [1.29, 1.82) is 0 Å². The SMILES string of the molecule is CCc1ccc(S(=O)(=O)N(CCCN2CCOCC2)C2CCS(=O)(=O)C2)cc1. The molecule has 158 valence electrons. The molecule has 0 spiro atoms. The lowest BCUT2D eigenvalue weighted by atomic mass is 10.2. The monoisotopic (exact) mass is 430 g/mol. The zero-order valence-electron chi connectivity index (χ0n) is 16.4. The molecular weight excluding hydrogens is 400 g/mol. The molecule has 2 fully saturated rings. The van der Waals surface area contributed by atoms with Gasteiger partial charge in [-0.2, -0.15) is 4.31 Å². The maximum atomic E-state index is 13.3. The minimum Gasteiger partial charge on any atom is -0.379 e. The molecule has 0 radical (unpaired) electrons. The highest BCUT2D eigenvalue weighted by Gasteiger charge is 2.38. The number of ether oxygens (including phenoxy) is 1. The Morgan fingerprint density at radius 1 is 1.18 bits per heavy atom. The zero-order valence-corrected chi connectivity index (χ0v) is 18.1. The normalized spacial score (nSPS) is 23.3. The molecule has 1 atom stereocenters. The quantitative estimate of drug-likeness (QED) is 0.615. The van der Waals surface area contributed by atoms with E-state index in [1.54, 1.807) is 12.1 Å². The van der Waals surface area contributed by atoms with E-state index in [0.29, 0.717) is 32.6 Å². The maximum Gasteiger partial charge on any atom is 0.243 e. The van der Waals surface area contributed by atoms with Gasteiger partial charge in [0.25, 0.3) is 0 Å². The number of hydrogen-bond acceptors (Lipinski definition) is 6. The summed E-state index contributed by atoms with van der Waals surface area (Å²) < 4.78 is 57.3. The summed E-state index contributed by atoms with van der Waals surface area (Å²) in [6.07, 6.45) is 1.87. The van der Waals surface area contributed by atoms with Gasteiger partial charge in [-0.3, -0.25) is 4.90 Å². The predicted octanol–water partition coefficient (Wildman–Crippen LogP) is 1.15.